The van der Waals surface area contributed by atoms with E-state index in [2.05, 4.69) is 22.0 Å². The second-order valence-electron chi connectivity index (χ2n) is 7.61. The van der Waals surface area contributed by atoms with E-state index in [0.717, 1.165) is 60.9 Å². The number of hydrogen-bond acceptors (Lipinski definition) is 4. The van der Waals surface area contributed by atoms with Gasteiger partial charge in [0.05, 0.1) is 12.8 Å². The van der Waals surface area contributed by atoms with Crippen LogP contribution in [0.3, 0.4) is 0 Å². The Morgan fingerprint density at radius 1 is 1.14 bits per heavy atom. The van der Waals surface area contributed by atoms with Gasteiger partial charge in [-0.25, -0.2) is 14.4 Å². The molecule has 0 radical (unpaired) electrons. The Bertz CT molecular complexity index is 974. The number of likely N-dealkylation sites (tertiary alicyclic amines) is 1. The average molecular weight is 391 g/mol. The zero-order valence-corrected chi connectivity index (χ0v) is 16.9. The minimum Gasteiger partial charge on any atom is -0.496 e. The maximum atomic E-state index is 13.4. The van der Waals surface area contributed by atoms with Crippen molar-refractivity contribution in [2.75, 3.05) is 20.2 Å². The number of ether oxygens (including phenoxy) is 1. The van der Waals surface area contributed by atoms with E-state index in [0.29, 0.717) is 5.92 Å². The van der Waals surface area contributed by atoms with E-state index >= 15 is 0 Å². The minimum absolute atomic E-state index is 0.232. The molecule has 4 nitrogen and oxygen atoms in total. The van der Waals surface area contributed by atoms with E-state index in [1.54, 1.807) is 7.11 Å². The summed E-state index contributed by atoms with van der Waals surface area (Å²) in [7, 11) is 1.72. The summed E-state index contributed by atoms with van der Waals surface area (Å²) in [6.45, 7) is 4.77. The zero-order chi connectivity index (χ0) is 20.2. The second kappa shape index (κ2) is 8.70. The molecule has 0 bridgehead atoms. The second-order valence-corrected chi connectivity index (χ2v) is 7.61. The highest BCUT2D eigenvalue weighted by Crippen LogP contribution is 2.34. The van der Waals surface area contributed by atoms with Crippen molar-refractivity contribution in [1.29, 1.82) is 0 Å². The van der Waals surface area contributed by atoms with Crippen LogP contribution in [0.1, 0.15) is 35.8 Å². The van der Waals surface area contributed by atoms with Gasteiger partial charge < -0.3 is 4.74 Å². The Labute approximate surface area is 171 Å². The van der Waals surface area contributed by atoms with Crippen LogP contribution in [0, 0.1) is 12.7 Å². The maximum absolute atomic E-state index is 13.4. The van der Waals surface area contributed by atoms with Gasteiger partial charge in [-0.05, 0) is 50.1 Å². The normalized spacial score (nSPS) is 17.3. The lowest BCUT2D eigenvalue weighted by Crippen LogP contribution is -2.34. The molecule has 0 saturated carbocycles. The summed E-state index contributed by atoms with van der Waals surface area (Å²) in [4.78, 5) is 11.7. The summed E-state index contributed by atoms with van der Waals surface area (Å²) in [5.41, 5.74) is 4.23. The van der Waals surface area contributed by atoms with Crippen LogP contribution in [0.25, 0.3) is 11.1 Å². The van der Waals surface area contributed by atoms with Crippen LogP contribution in [-0.2, 0) is 6.54 Å². The van der Waals surface area contributed by atoms with Crippen LogP contribution in [0.15, 0.2) is 54.7 Å². The van der Waals surface area contributed by atoms with Crippen molar-refractivity contribution >= 4 is 0 Å². The maximum Gasteiger partial charge on any atom is 0.125 e. The number of methoxy groups -OCH3 is 1. The van der Waals surface area contributed by atoms with Crippen LogP contribution >= 0.6 is 0 Å². The largest absolute Gasteiger partial charge is 0.496 e. The third-order valence-corrected chi connectivity index (χ3v) is 5.57. The molecule has 2 aromatic carbocycles. The molecule has 1 unspecified atom stereocenters. The first-order valence-corrected chi connectivity index (χ1v) is 10.1. The van der Waals surface area contributed by atoms with Gasteiger partial charge in [0.2, 0.25) is 0 Å². The van der Waals surface area contributed by atoms with Gasteiger partial charge in [-0.1, -0.05) is 30.3 Å². The molecular weight excluding hydrogens is 365 g/mol. The minimum atomic E-state index is -0.232. The first-order valence-electron chi connectivity index (χ1n) is 10.1. The Morgan fingerprint density at radius 3 is 2.72 bits per heavy atom. The van der Waals surface area contributed by atoms with E-state index in [1.165, 1.54) is 17.7 Å². The molecule has 3 aromatic rings. The Morgan fingerprint density at radius 2 is 1.93 bits per heavy atom. The number of nitrogens with zero attached hydrogens (tertiary/aromatic N) is 3. The molecule has 1 aromatic heterocycles. The topological polar surface area (TPSA) is 38.2 Å². The fraction of sp³-hybridized carbons (Fsp3) is 0.333. The molecule has 5 heteroatoms. The molecule has 0 amide bonds. The van der Waals surface area contributed by atoms with Gasteiger partial charge in [-0.15, -0.1) is 0 Å². The molecule has 29 heavy (non-hydrogen) atoms. The highest BCUT2D eigenvalue weighted by atomic mass is 19.1. The molecular formula is C24H26FN3O. The predicted molar refractivity (Wildman–Crippen MR) is 112 cm³/mol. The number of halogens is 1. The SMILES string of the molecule is COc1ccccc1CN1CCCC(c2nc(C)ncc2-c2ccc(F)cc2)C1. The van der Waals surface area contributed by atoms with E-state index in [-0.39, 0.29) is 5.82 Å². The van der Waals surface area contributed by atoms with Crippen molar-refractivity contribution in [2.45, 2.75) is 32.2 Å². The molecule has 1 atom stereocenters. The zero-order valence-electron chi connectivity index (χ0n) is 16.9. The quantitative estimate of drug-likeness (QED) is 0.615. The molecule has 4 rings (SSSR count). The highest BCUT2D eigenvalue weighted by Gasteiger charge is 2.26. The molecule has 0 aliphatic carbocycles. The van der Waals surface area contributed by atoms with Crippen LogP contribution in [0.2, 0.25) is 0 Å². The molecule has 150 valence electrons. The first-order chi connectivity index (χ1) is 14.1. The van der Waals surface area contributed by atoms with Crippen LogP contribution in [0.5, 0.6) is 5.75 Å². The van der Waals surface area contributed by atoms with Crippen molar-refractivity contribution < 1.29 is 9.13 Å². The number of aromatic nitrogens is 2. The fourth-order valence-electron chi connectivity index (χ4n) is 4.15. The van der Waals surface area contributed by atoms with Gasteiger partial charge in [0.25, 0.3) is 0 Å². The Balaban J connectivity index is 1.60. The number of aryl methyl sites for hydroxylation is 1. The lowest BCUT2D eigenvalue weighted by atomic mass is 9.89. The summed E-state index contributed by atoms with van der Waals surface area (Å²) in [5, 5.41) is 0. The van der Waals surface area contributed by atoms with Crippen molar-refractivity contribution in [3.8, 4) is 16.9 Å². The van der Waals surface area contributed by atoms with E-state index < -0.39 is 0 Å². The Hall–Kier alpha value is -2.79. The summed E-state index contributed by atoms with van der Waals surface area (Å²) >= 11 is 0. The van der Waals surface area contributed by atoms with E-state index in [9.17, 15) is 4.39 Å². The molecule has 1 aliphatic rings. The number of rotatable bonds is 5. The van der Waals surface area contributed by atoms with Crippen LogP contribution in [-0.4, -0.2) is 35.1 Å². The smallest absolute Gasteiger partial charge is 0.125 e. The predicted octanol–water partition coefficient (Wildman–Crippen LogP) is 4.98. The lowest BCUT2D eigenvalue weighted by molar-refractivity contribution is 0.196. The van der Waals surface area contributed by atoms with Crippen molar-refractivity contribution in [3.05, 3.63) is 77.6 Å². The molecule has 2 heterocycles. The number of hydrogen-bond donors (Lipinski definition) is 0. The van der Waals surface area contributed by atoms with Gasteiger partial charge >= 0.3 is 0 Å². The Kier molecular flexibility index (Phi) is 5.86. The van der Waals surface area contributed by atoms with Crippen LogP contribution in [0.4, 0.5) is 4.39 Å². The van der Waals surface area contributed by atoms with E-state index in [4.69, 9.17) is 9.72 Å². The van der Waals surface area contributed by atoms with Crippen LogP contribution < -0.4 is 4.74 Å². The number of piperidine rings is 1. The summed E-state index contributed by atoms with van der Waals surface area (Å²) < 4.78 is 18.9. The molecule has 1 fully saturated rings. The summed E-state index contributed by atoms with van der Waals surface area (Å²) in [5.74, 6) is 1.79. The third-order valence-electron chi connectivity index (χ3n) is 5.57. The third kappa shape index (κ3) is 4.46. The highest BCUT2D eigenvalue weighted by molar-refractivity contribution is 5.65. The molecule has 1 aliphatic heterocycles. The van der Waals surface area contributed by atoms with Gasteiger partial charge in [0, 0.05) is 36.3 Å². The van der Waals surface area contributed by atoms with Gasteiger partial charge in [0.1, 0.15) is 17.4 Å². The average Bonchev–Trinajstić information content (AvgIpc) is 2.75. The number of benzene rings is 2. The molecule has 0 N–H and O–H groups in total. The first kappa shape index (κ1) is 19.5. The summed E-state index contributed by atoms with van der Waals surface area (Å²) in [6, 6.07) is 14.8. The van der Waals surface area contributed by atoms with Gasteiger partial charge in [0.15, 0.2) is 0 Å². The standard InChI is InChI=1S/C24H26FN3O/c1-17-26-14-22(18-9-11-21(25)12-10-18)24(27-17)20-7-5-13-28(16-20)15-19-6-3-4-8-23(19)29-2/h3-4,6,8-12,14,20H,5,7,13,15-16H2,1-2H3. The fourth-order valence-corrected chi connectivity index (χ4v) is 4.15. The molecule has 0 spiro atoms. The summed E-state index contributed by atoms with van der Waals surface area (Å²) in [6.07, 6.45) is 4.09. The van der Waals surface area contributed by atoms with E-state index in [1.807, 2.05) is 37.4 Å². The molecule has 1 saturated heterocycles. The van der Waals surface area contributed by atoms with Gasteiger partial charge in [-0.2, -0.15) is 0 Å². The lowest BCUT2D eigenvalue weighted by Gasteiger charge is -2.33. The van der Waals surface area contributed by atoms with Gasteiger partial charge in [-0.3, -0.25) is 4.90 Å². The van der Waals surface area contributed by atoms with Crippen molar-refractivity contribution in [3.63, 3.8) is 0 Å². The number of para-hydroxylation sites is 1. The van der Waals surface area contributed by atoms with Crippen molar-refractivity contribution in [1.82, 2.24) is 14.9 Å². The van der Waals surface area contributed by atoms with Crippen molar-refractivity contribution in [2.24, 2.45) is 0 Å². The monoisotopic (exact) mass is 391 g/mol.